The summed E-state index contributed by atoms with van der Waals surface area (Å²) >= 11 is 1.80. The van der Waals surface area contributed by atoms with Gasteiger partial charge in [0, 0.05) is 23.8 Å². The third-order valence-corrected chi connectivity index (χ3v) is 5.00. The third-order valence-electron chi connectivity index (χ3n) is 4.00. The molecule has 0 bridgehead atoms. The van der Waals surface area contributed by atoms with E-state index in [0.717, 1.165) is 13.0 Å². The van der Waals surface area contributed by atoms with Crippen molar-refractivity contribution in [1.82, 2.24) is 14.7 Å². The van der Waals surface area contributed by atoms with Gasteiger partial charge in [-0.25, -0.2) is 0 Å². The second-order valence-corrected chi connectivity index (χ2v) is 6.39. The third kappa shape index (κ3) is 2.38. The molecule has 4 nitrogen and oxygen atoms in total. The van der Waals surface area contributed by atoms with Gasteiger partial charge in [0.05, 0.1) is 18.5 Å². The Morgan fingerprint density at radius 1 is 1.60 bits per heavy atom. The predicted octanol–water partition coefficient (Wildman–Crippen LogP) is 2.73. The average Bonchev–Trinajstić information content (AvgIpc) is 3.09. The van der Waals surface area contributed by atoms with Crippen LogP contribution in [0.1, 0.15) is 30.3 Å². The highest BCUT2D eigenvalue weighted by Gasteiger charge is 2.30. The van der Waals surface area contributed by atoms with Gasteiger partial charge < -0.3 is 4.90 Å². The number of nitrogens with zero attached hydrogens (tertiary/aromatic N) is 3. The number of hydrogen-bond donors (Lipinski definition) is 0. The van der Waals surface area contributed by atoms with Crippen LogP contribution in [0.25, 0.3) is 0 Å². The van der Waals surface area contributed by atoms with Crippen LogP contribution in [0.5, 0.6) is 0 Å². The second-order valence-electron chi connectivity index (χ2n) is 5.39. The molecule has 0 N–H and O–H groups in total. The lowest BCUT2D eigenvalue weighted by atomic mass is 9.99. The van der Waals surface area contributed by atoms with Gasteiger partial charge in [0.15, 0.2) is 0 Å². The largest absolute Gasteiger partial charge is 0.335 e. The number of amides is 1. The van der Waals surface area contributed by atoms with Gasteiger partial charge in [0.25, 0.3) is 0 Å². The molecule has 2 unspecified atom stereocenters. The number of hydrogen-bond acceptors (Lipinski definition) is 3. The van der Waals surface area contributed by atoms with Crippen LogP contribution in [0, 0.1) is 5.92 Å². The van der Waals surface area contributed by atoms with Gasteiger partial charge in [-0.1, -0.05) is 6.92 Å². The lowest BCUT2D eigenvalue weighted by Crippen LogP contribution is -2.42. The summed E-state index contributed by atoms with van der Waals surface area (Å²) in [5, 5.41) is 6.31. The van der Waals surface area contributed by atoms with E-state index in [-0.39, 0.29) is 17.9 Å². The van der Waals surface area contributed by atoms with Crippen LogP contribution < -0.4 is 0 Å². The lowest BCUT2D eigenvalue weighted by molar-refractivity contribution is -0.138. The molecule has 0 saturated heterocycles. The minimum absolute atomic E-state index is 0.0439. The summed E-state index contributed by atoms with van der Waals surface area (Å²) in [6.07, 6.45) is 4.64. The zero-order chi connectivity index (χ0) is 14.1. The van der Waals surface area contributed by atoms with E-state index in [0.29, 0.717) is 6.54 Å². The van der Waals surface area contributed by atoms with Crippen LogP contribution in [0.3, 0.4) is 0 Å². The molecular formula is C15H19N3OS. The van der Waals surface area contributed by atoms with E-state index in [4.69, 9.17) is 0 Å². The molecule has 0 radical (unpaired) electrons. The van der Waals surface area contributed by atoms with Gasteiger partial charge in [0.2, 0.25) is 5.91 Å². The van der Waals surface area contributed by atoms with Gasteiger partial charge in [-0.2, -0.15) is 5.10 Å². The van der Waals surface area contributed by atoms with Crippen molar-refractivity contribution < 1.29 is 4.79 Å². The van der Waals surface area contributed by atoms with E-state index < -0.39 is 0 Å². The number of carbonyl (C=O) groups excluding carboxylic acids is 1. The highest BCUT2D eigenvalue weighted by Crippen LogP contribution is 2.33. The van der Waals surface area contributed by atoms with E-state index in [9.17, 15) is 4.79 Å². The van der Waals surface area contributed by atoms with Crippen LogP contribution in [0.4, 0.5) is 0 Å². The second kappa shape index (κ2) is 5.40. The Kier molecular flexibility index (Phi) is 3.61. The van der Waals surface area contributed by atoms with Gasteiger partial charge in [-0.15, -0.1) is 11.3 Å². The van der Waals surface area contributed by atoms with E-state index in [1.54, 1.807) is 17.5 Å². The predicted molar refractivity (Wildman–Crippen MR) is 79.5 cm³/mol. The number of fused-ring (bicyclic) bond motifs is 1. The maximum absolute atomic E-state index is 12.7. The van der Waals surface area contributed by atoms with Crippen LogP contribution >= 0.6 is 11.3 Å². The van der Waals surface area contributed by atoms with Crippen LogP contribution in [0.15, 0.2) is 29.9 Å². The molecule has 0 aliphatic carbocycles. The first-order valence-electron chi connectivity index (χ1n) is 7.01. The monoisotopic (exact) mass is 289 g/mol. The smallest absolute Gasteiger partial charge is 0.227 e. The van der Waals surface area contributed by atoms with Gasteiger partial charge in [-0.05, 0) is 36.4 Å². The van der Waals surface area contributed by atoms with Crippen molar-refractivity contribution in [1.29, 1.82) is 0 Å². The minimum atomic E-state index is -0.0439. The molecule has 5 heteroatoms. The number of aromatic nitrogens is 2. The number of thiophene rings is 1. The van der Waals surface area contributed by atoms with Crippen molar-refractivity contribution in [2.45, 2.75) is 32.9 Å². The summed E-state index contributed by atoms with van der Waals surface area (Å²) in [6.45, 7) is 5.59. The lowest BCUT2D eigenvalue weighted by Gasteiger charge is -2.35. The molecule has 3 heterocycles. The first-order chi connectivity index (χ1) is 9.66. The summed E-state index contributed by atoms with van der Waals surface area (Å²) in [4.78, 5) is 16.1. The molecule has 2 aromatic rings. The average molecular weight is 289 g/mol. The molecule has 106 valence electrons. The fourth-order valence-electron chi connectivity index (χ4n) is 2.86. The van der Waals surface area contributed by atoms with E-state index in [1.807, 2.05) is 28.8 Å². The fraction of sp³-hybridized carbons (Fsp3) is 0.467. The molecule has 1 aliphatic heterocycles. The molecule has 2 aromatic heterocycles. The molecule has 0 saturated carbocycles. The summed E-state index contributed by atoms with van der Waals surface area (Å²) in [7, 11) is 0. The Bertz CT molecular complexity index is 590. The number of carbonyl (C=O) groups is 1. The molecule has 0 fully saturated rings. The maximum Gasteiger partial charge on any atom is 0.227 e. The van der Waals surface area contributed by atoms with Crippen LogP contribution in [-0.4, -0.2) is 27.1 Å². The maximum atomic E-state index is 12.7. The van der Waals surface area contributed by atoms with Crippen molar-refractivity contribution >= 4 is 17.2 Å². The zero-order valence-corrected chi connectivity index (χ0v) is 12.6. The topological polar surface area (TPSA) is 38.1 Å². The van der Waals surface area contributed by atoms with E-state index in [2.05, 4.69) is 23.5 Å². The Morgan fingerprint density at radius 3 is 3.20 bits per heavy atom. The normalized spacial score (nSPS) is 19.7. The first-order valence-corrected chi connectivity index (χ1v) is 7.89. The first kappa shape index (κ1) is 13.4. The highest BCUT2D eigenvalue weighted by atomic mass is 32.1. The summed E-state index contributed by atoms with van der Waals surface area (Å²) < 4.78 is 1.83. The van der Waals surface area contributed by atoms with Crippen LogP contribution in [0.2, 0.25) is 0 Å². The van der Waals surface area contributed by atoms with Crippen molar-refractivity contribution in [3.05, 3.63) is 40.3 Å². The van der Waals surface area contributed by atoms with E-state index >= 15 is 0 Å². The fourth-order valence-corrected chi connectivity index (χ4v) is 3.82. The molecule has 1 amide bonds. The molecular weight excluding hydrogens is 270 g/mol. The summed E-state index contributed by atoms with van der Waals surface area (Å²) in [5.74, 6) is 0.183. The molecule has 1 aliphatic rings. The van der Waals surface area contributed by atoms with Crippen molar-refractivity contribution in [3.63, 3.8) is 0 Å². The van der Waals surface area contributed by atoms with Gasteiger partial charge >= 0.3 is 0 Å². The zero-order valence-electron chi connectivity index (χ0n) is 11.8. The molecule has 3 rings (SSSR count). The highest BCUT2D eigenvalue weighted by molar-refractivity contribution is 7.10. The molecule has 20 heavy (non-hydrogen) atoms. The van der Waals surface area contributed by atoms with Crippen molar-refractivity contribution in [2.24, 2.45) is 5.92 Å². The van der Waals surface area contributed by atoms with Crippen LogP contribution in [-0.2, 0) is 17.8 Å². The van der Waals surface area contributed by atoms with Crippen molar-refractivity contribution in [3.8, 4) is 0 Å². The van der Waals surface area contributed by atoms with Crippen molar-refractivity contribution in [2.75, 3.05) is 6.54 Å². The van der Waals surface area contributed by atoms with Gasteiger partial charge in [0.1, 0.15) is 0 Å². The molecule has 2 atom stereocenters. The minimum Gasteiger partial charge on any atom is -0.335 e. The quantitative estimate of drug-likeness (QED) is 0.871. The Labute approximate surface area is 123 Å². The van der Waals surface area contributed by atoms with Gasteiger partial charge in [-0.3, -0.25) is 9.48 Å². The Hall–Kier alpha value is -1.62. The molecule has 0 aromatic carbocycles. The summed E-state index contributed by atoms with van der Waals surface area (Å²) in [5.41, 5.74) is 1.32. The Balaban J connectivity index is 1.71. The van der Waals surface area contributed by atoms with E-state index in [1.165, 1.54) is 10.4 Å². The Morgan fingerprint density at radius 2 is 2.45 bits per heavy atom. The molecule has 0 spiro atoms. The standard InChI is InChI=1S/C15H19N3OS/c1-11(10-17-7-3-6-16-17)15(19)18-8-4-14-13(12(18)2)5-9-20-14/h3,5-7,9,11-12H,4,8,10H2,1-2H3. The SMILES string of the molecule is CC(Cn1cccn1)C(=O)N1CCc2sccc2C1C. The number of rotatable bonds is 3. The summed E-state index contributed by atoms with van der Waals surface area (Å²) in [6, 6.07) is 4.23.